The van der Waals surface area contributed by atoms with Crippen LogP contribution in [-0.2, 0) is 9.53 Å². The second kappa shape index (κ2) is 6.16. The fourth-order valence-corrected chi connectivity index (χ4v) is 0.886. The lowest BCUT2D eigenvalue weighted by Gasteiger charge is -2.10. The molecule has 0 aromatic carbocycles. The first-order valence-corrected chi connectivity index (χ1v) is 3.95. The van der Waals surface area contributed by atoms with E-state index in [0.717, 1.165) is 19.3 Å². The Balaban J connectivity index is 3.22. The molecule has 0 aliphatic heterocycles. The zero-order chi connectivity index (χ0) is 8.69. The highest BCUT2D eigenvalue weighted by molar-refractivity contribution is 5.66. The van der Waals surface area contributed by atoms with E-state index in [1.807, 2.05) is 6.92 Å². The van der Waals surface area contributed by atoms with E-state index in [-0.39, 0.29) is 18.7 Å². The molecule has 3 nitrogen and oxygen atoms in total. The van der Waals surface area contributed by atoms with Gasteiger partial charge in [-0.2, -0.15) is 0 Å². The standard InChI is InChI=1S/C8H16O3/c1-7(11-8(2)10)5-3-4-6-9/h7,9H,3-6H2,1-2H3. The molecule has 3 heteroatoms. The Hall–Kier alpha value is -0.570. The van der Waals surface area contributed by atoms with Crippen LogP contribution in [0.2, 0.25) is 0 Å². The van der Waals surface area contributed by atoms with Crippen LogP contribution in [0.5, 0.6) is 0 Å². The quantitative estimate of drug-likeness (QED) is 0.484. The van der Waals surface area contributed by atoms with E-state index in [2.05, 4.69) is 0 Å². The molecule has 66 valence electrons. The molecule has 0 bridgehead atoms. The highest BCUT2D eigenvalue weighted by atomic mass is 16.5. The number of aliphatic hydroxyl groups is 1. The van der Waals surface area contributed by atoms with Crippen LogP contribution in [0.4, 0.5) is 0 Å². The molecule has 0 amide bonds. The maximum atomic E-state index is 10.4. The lowest BCUT2D eigenvalue weighted by molar-refractivity contribution is -0.145. The van der Waals surface area contributed by atoms with E-state index >= 15 is 0 Å². The molecule has 1 atom stereocenters. The van der Waals surface area contributed by atoms with Crippen LogP contribution in [0.15, 0.2) is 0 Å². The first-order valence-electron chi connectivity index (χ1n) is 3.95. The number of carbonyl (C=O) groups is 1. The summed E-state index contributed by atoms with van der Waals surface area (Å²) in [5, 5.41) is 8.45. The van der Waals surface area contributed by atoms with Crippen LogP contribution < -0.4 is 0 Å². The fraction of sp³-hybridized carbons (Fsp3) is 0.875. The lowest BCUT2D eigenvalue weighted by atomic mass is 10.2. The van der Waals surface area contributed by atoms with Gasteiger partial charge in [-0.3, -0.25) is 4.79 Å². The van der Waals surface area contributed by atoms with Crippen molar-refractivity contribution < 1.29 is 14.6 Å². The number of esters is 1. The summed E-state index contributed by atoms with van der Waals surface area (Å²) in [4.78, 5) is 10.4. The highest BCUT2D eigenvalue weighted by Gasteiger charge is 2.03. The molecule has 0 radical (unpaired) electrons. The minimum Gasteiger partial charge on any atom is -0.463 e. The largest absolute Gasteiger partial charge is 0.463 e. The second-order valence-corrected chi connectivity index (χ2v) is 2.64. The van der Waals surface area contributed by atoms with Crippen molar-refractivity contribution in [3.8, 4) is 0 Å². The van der Waals surface area contributed by atoms with E-state index in [1.54, 1.807) is 0 Å². The van der Waals surface area contributed by atoms with E-state index in [0.29, 0.717) is 0 Å². The summed E-state index contributed by atoms with van der Waals surface area (Å²) in [6.45, 7) is 3.48. The van der Waals surface area contributed by atoms with Crippen molar-refractivity contribution in [3.05, 3.63) is 0 Å². The van der Waals surface area contributed by atoms with Gasteiger partial charge in [-0.25, -0.2) is 0 Å². The van der Waals surface area contributed by atoms with Crippen molar-refractivity contribution in [2.24, 2.45) is 0 Å². The number of carbonyl (C=O) groups excluding carboxylic acids is 1. The number of ether oxygens (including phenoxy) is 1. The Kier molecular flexibility index (Phi) is 5.84. The van der Waals surface area contributed by atoms with Crippen LogP contribution in [0.25, 0.3) is 0 Å². The number of rotatable bonds is 5. The van der Waals surface area contributed by atoms with Crippen LogP contribution in [0.1, 0.15) is 33.1 Å². The minimum absolute atomic E-state index is 0.0148. The Bertz CT molecular complexity index is 112. The van der Waals surface area contributed by atoms with Gasteiger partial charge in [0.25, 0.3) is 0 Å². The van der Waals surface area contributed by atoms with Crippen LogP contribution in [0.3, 0.4) is 0 Å². The molecule has 0 heterocycles. The zero-order valence-electron chi connectivity index (χ0n) is 7.17. The van der Waals surface area contributed by atoms with Crippen molar-refractivity contribution in [1.82, 2.24) is 0 Å². The molecule has 0 aromatic rings. The summed E-state index contributed by atoms with van der Waals surface area (Å²) >= 11 is 0. The van der Waals surface area contributed by atoms with Gasteiger partial charge >= 0.3 is 5.97 Å². The lowest BCUT2D eigenvalue weighted by Crippen LogP contribution is -2.11. The number of unbranched alkanes of at least 4 members (excludes halogenated alkanes) is 1. The highest BCUT2D eigenvalue weighted by Crippen LogP contribution is 2.03. The minimum atomic E-state index is -0.235. The van der Waals surface area contributed by atoms with Gasteiger partial charge in [0.15, 0.2) is 0 Å². The van der Waals surface area contributed by atoms with Gasteiger partial charge in [-0.15, -0.1) is 0 Å². The van der Waals surface area contributed by atoms with Gasteiger partial charge < -0.3 is 9.84 Å². The molecule has 0 saturated carbocycles. The molecule has 0 aliphatic rings. The molecule has 11 heavy (non-hydrogen) atoms. The maximum Gasteiger partial charge on any atom is 0.302 e. The normalized spacial score (nSPS) is 12.6. The molecular weight excluding hydrogens is 144 g/mol. The second-order valence-electron chi connectivity index (χ2n) is 2.64. The third-order valence-electron chi connectivity index (χ3n) is 1.39. The number of hydrogen-bond acceptors (Lipinski definition) is 3. The molecule has 0 aromatic heterocycles. The molecule has 0 saturated heterocycles. The van der Waals surface area contributed by atoms with Crippen molar-refractivity contribution in [2.75, 3.05) is 6.61 Å². The van der Waals surface area contributed by atoms with Gasteiger partial charge in [-0.05, 0) is 26.2 Å². The fourth-order valence-electron chi connectivity index (χ4n) is 0.886. The summed E-state index contributed by atoms with van der Waals surface area (Å²) in [5.41, 5.74) is 0. The SMILES string of the molecule is CC(=O)OC(C)CCCCO. The molecule has 0 spiro atoms. The third-order valence-corrected chi connectivity index (χ3v) is 1.39. The van der Waals surface area contributed by atoms with Crippen LogP contribution in [-0.4, -0.2) is 23.8 Å². The first kappa shape index (κ1) is 10.4. The molecule has 0 aliphatic carbocycles. The van der Waals surface area contributed by atoms with E-state index < -0.39 is 0 Å². The van der Waals surface area contributed by atoms with Gasteiger partial charge in [0, 0.05) is 13.5 Å². The maximum absolute atomic E-state index is 10.4. The molecule has 1 unspecified atom stereocenters. The topological polar surface area (TPSA) is 46.5 Å². The van der Waals surface area contributed by atoms with Gasteiger partial charge in [0.05, 0.1) is 6.10 Å². The van der Waals surface area contributed by atoms with Crippen LogP contribution >= 0.6 is 0 Å². The molecule has 0 rings (SSSR count). The van der Waals surface area contributed by atoms with Crippen molar-refractivity contribution >= 4 is 5.97 Å². The monoisotopic (exact) mass is 160 g/mol. The number of aliphatic hydroxyl groups excluding tert-OH is 1. The van der Waals surface area contributed by atoms with Gasteiger partial charge in [0.1, 0.15) is 0 Å². The average molecular weight is 160 g/mol. The summed E-state index contributed by atoms with van der Waals surface area (Å²) in [5.74, 6) is -0.235. The molecule has 1 N–H and O–H groups in total. The number of hydrogen-bond donors (Lipinski definition) is 1. The summed E-state index contributed by atoms with van der Waals surface area (Å²) in [6.07, 6.45) is 2.51. The van der Waals surface area contributed by atoms with E-state index in [9.17, 15) is 4.79 Å². The zero-order valence-corrected chi connectivity index (χ0v) is 7.17. The van der Waals surface area contributed by atoms with E-state index in [1.165, 1.54) is 6.92 Å². The Morgan fingerprint density at radius 2 is 2.18 bits per heavy atom. The van der Waals surface area contributed by atoms with Crippen molar-refractivity contribution in [2.45, 2.75) is 39.2 Å². The predicted molar refractivity (Wildman–Crippen MR) is 42.2 cm³/mol. The summed E-state index contributed by atoms with van der Waals surface area (Å²) in [7, 11) is 0. The predicted octanol–water partition coefficient (Wildman–Crippen LogP) is 1.10. The average Bonchev–Trinajstić information content (AvgIpc) is 1.86. The molecule has 0 fully saturated rings. The van der Waals surface area contributed by atoms with Crippen LogP contribution in [0, 0.1) is 0 Å². The Labute approximate surface area is 67.4 Å². The molecular formula is C8H16O3. The third kappa shape index (κ3) is 7.33. The van der Waals surface area contributed by atoms with Crippen molar-refractivity contribution in [3.63, 3.8) is 0 Å². The Morgan fingerprint density at radius 3 is 2.64 bits per heavy atom. The Morgan fingerprint density at radius 1 is 1.55 bits per heavy atom. The van der Waals surface area contributed by atoms with Crippen molar-refractivity contribution in [1.29, 1.82) is 0 Å². The smallest absolute Gasteiger partial charge is 0.302 e. The van der Waals surface area contributed by atoms with E-state index in [4.69, 9.17) is 9.84 Å². The summed E-state index contributed by atoms with van der Waals surface area (Å²) in [6, 6.07) is 0. The van der Waals surface area contributed by atoms with Gasteiger partial charge in [-0.1, -0.05) is 0 Å². The summed E-state index contributed by atoms with van der Waals surface area (Å²) < 4.78 is 4.88. The van der Waals surface area contributed by atoms with Gasteiger partial charge in [0.2, 0.25) is 0 Å². The first-order chi connectivity index (χ1) is 5.16.